The molecule has 2 atom stereocenters. The molecule has 3 heterocycles. The molecule has 0 bridgehead atoms. The number of aryl methyl sites for hydroxylation is 1. The zero-order valence-electron chi connectivity index (χ0n) is 14.5. The molecule has 0 spiro atoms. The molecule has 2 aromatic rings. The van der Waals surface area contributed by atoms with Crippen molar-refractivity contribution in [2.45, 2.75) is 44.7 Å². The molecule has 2 unspecified atom stereocenters. The lowest BCUT2D eigenvalue weighted by atomic mass is 10.0. The molecule has 1 aromatic heterocycles. The summed E-state index contributed by atoms with van der Waals surface area (Å²) in [6.07, 6.45) is 4.70. The van der Waals surface area contributed by atoms with Gasteiger partial charge in [-0.15, -0.1) is 5.10 Å². The van der Waals surface area contributed by atoms with Crippen molar-refractivity contribution in [2.24, 2.45) is 7.05 Å². The third kappa shape index (κ3) is 2.49. The van der Waals surface area contributed by atoms with Crippen molar-refractivity contribution in [3.63, 3.8) is 0 Å². The molecule has 1 aromatic carbocycles. The summed E-state index contributed by atoms with van der Waals surface area (Å²) in [4.78, 5) is 17.8. The van der Waals surface area contributed by atoms with Crippen molar-refractivity contribution in [2.75, 3.05) is 19.6 Å². The Labute approximate surface area is 142 Å². The molecule has 0 saturated carbocycles. The molecule has 128 valence electrons. The van der Waals surface area contributed by atoms with Gasteiger partial charge in [0.05, 0.1) is 5.52 Å². The van der Waals surface area contributed by atoms with Crippen LogP contribution in [-0.4, -0.2) is 62.4 Å². The number of rotatable bonds is 3. The Kier molecular flexibility index (Phi) is 4.00. The number of aromatic nitrogens is 3. The van der Waals surface area contributed by atoms with E-state index >= 15 is 0 Å². The van der Waals surface area contributed by atoms with Gasteiger partial charge in [0.25, 0.3) is 5.91 Å². The minimum absolute atomic E-state index is 0.146. The molecule has 24 heavy (non-hydrogen) atoms. The topological polar surface area (TPSA) is 54.3 Å². The van der Waals surface area contributed by atoms with E-state index in [2.05, 4.69) is 27.0 Å². The van der Waals surface area contributed by atoms with E-state index < -0.39 is 0 Å². The first kappa shape index (κ1) is 15.6. The average molecular weight is 327 g/mol. The molecule has 1 amide bonds. The van der Waals surface area contributed by atoms with Gasteiger partial charge in [-0.3, -0.25) is 9.69 Å². The third-order valence-corrected chi connectivity index (χ3v) is 5.68. The van der Waals surface area contributed by atoms with E-state index in [1.807, 2.05) is 25.2 Å². The molecule has 0 N–H and O–H groups in total. The number of carbonyl (C=O) groups excluding carboxylic acids is 1. The van der Waals surface area contributed by atoms with Crippen LogP contribution < -0.4 is 0 Å². The summed E-state index contributed by atoms with van der Waals surface area (Å²) in [5.74, 6) is 0.146. The molecular formula is C18H25N5O. The van der Waals surface area contributed by atoms with Gasteiger partial charge in [0.2, 0.25) is 0 Å². The molecule has 0 aliphatic carbocycles. The van der Waals surface area contributed by atoms with Crippen LogP contribution in [0.25, 0.3) is 11.0 Å². The van der Waals surface area contributed by atoms with E-state index in [1.165, 1.54) is 19.4 Å². The Morgan fingerprint density at radius 2 is 2.00 bits per heavy atom. The first-order chi connectivity index (χ1) is 11.7. The van der Waals surface area contributed by atoms with Gasteiger partial charge in [0, 0.05) is 31.2 Å². The molecular weight excluding hydrogens is 302 g/mol. The molecule has 2 fully saturated rings. The smallest absolute Gasteiger partial charge is 0.254 e. The van der Waals surface area contributed by atoms with Gasteiger partial charge in [-0.2, -0.15) is 0 Å². The number of hydrogen-bond donors (Lipinski definition) is 0. The van der Waals surface area contributed by atoms with Gasteiger partial charge < -0.3 is 4.90 Å². The highest BCUT2D eigenvalue weighted by Crippen LogP contribution is 2.31. The molecule has 6 nitrogen and oxygen atoms in total. The average Bonchev–Trinajstić information content (AvgIpc) is 3.32. The Morgan fingerprint density at radius 3 is 2.83 bits per heavy atom. The van der Waals surface area contributed by atoms with E-state index in [1.54, 1.807) is 4.68 Å². The first-order valence-corrected chi connectivity index (χ1v) is 9.03. The van der Waals surface area contributed by atoms with Gasteiger partial charge in [-0.1, -0.05) is 12.1 Å². The summed E-state index contributed by atoms with van der Waals surface area (Å²) >= 11 is 0. The normalized spacial score (nSPS) is 25.0. The fourth-order valence-electron chi connectivity index (χ4n) is 4.46. The van der Waals surface area contributed by atoms with Gasteiger partial charge in [-0.25, -0.2) is 4.68 Å². The van der Waals surface area contributed by atoms with Crippen LogP contribution in [0.1, 0.15) is 43.0 Å². The molecule has 2 aliphatic rings. The van der Waals surface area contributed by atoms with E-state index in [4.69, 9.17) is 0 Å². The highest BCUT2D eigenvalue weighted by molar-refractivity contribution is 5.97. The minimum atomic E-state index is 0.146. The zero-order chi connectivity index (χ0) is 16.7. The van der Waals surface area contributed by atoms with E-state index in [9.17, 15) is 4.79 Å². The van der Waals surface area contributed by atoms with Crippen molar-refractivity contribution < 1.29 is 4.79 Å². The van der Waals surface area contributed by atoms with E-state index in [-0.39, 0.29) is 5.91 Å². The maximum absolute atomic E-state index is 13.1. The molecule has 6 heteroatoms. The lowest BCUT2D eigenvalue weighted by Gasteiger charge is -2.34. The van der Waals surface area contributed by atoms with Crippen molar-refractivity contribution >= 4 is 16.9 Å². The predicted molar refractivity (Wildman–Crippen MR) is 92.8 cm³/mol. The Hall–Kier alpha value is -1.95. The van der Waals surface area contributed by atoms with Crippen molar-refractivity contribution in [1.29, 1.82) is 0 Å². The summed E-state index contributed by atoms with van der Waals surface area (Å²) in [6, 6.07) is 6.63. The minimum Gasteiger partial charge on any atom is -0.334 e. The van der Waals surface area contributed by atoms with Crippen LogP contribution in [0.3, 0.4) is 0 Å². The van der Waals surface area contributed by atoms with Gasteiger partial charge >= 0.3 is 0 Å². The SMILES string of the molecule is CCN1CCCC1C1CCCN1C(=O)c1ccc2c(c1)nnn2C. The predicted octanol–water partition coefficient (Wildman–Crippen LogP) is 2.06. The van der Waals surface area contributed by atoms with Gasteiger partial charge in [0.15, 0.2) is 0 Å². The van der Waals surface area contributed by atoms with Crippen molar-refractivity contribution in [1.82, 2.24) is 24.8 Å². The highest BCUT2D eigenvalue weighted by Gasteiger charge is 2.39. The first-order valence-electron chi connectivity index (χ1n) is 9.03. The monoisotopic (exact) mass is 327 g/mol. The second-order valence-corrected chi connectivity index (χ2v) is 6.96. The van der Waals surface area contributed by atoms with Crippen LogP contribution in [0, 0.1) is 0 Å². The Morgan fingerprint density at radius 1 is 1.21 bits per heavy atom. The quantitative estimate of drug-likeness (QED) is 0.866. The Bertz CT molecular complexity index is 755. The largest absolute Gasteiger partial charge is 0.334 e. The van der Waals surface area contributed by atoms with Gasteiger partial charge in [-0.05, 0) is 57.0 Å². The van der Waals surface area contributed by atoms with Crippen LogP contribution in [-0.2, 0) is 7.05 Å². The summed E-state index contributed by atoms with van der Waals surface area (Å²) in [7, 11) is 1.87. The van der Waals surface area contributed by atoms with E-state index in [0.717, 1.165) is 42.5 Å². The maximum atomic E-state index is 13.1. The number of likely N-dealkylation sites (N-methyl/N-ethyl adjacent to an activating group) is 1. The summed E-state index contributed by atoms with van der Waals surface area (Å²) in [5.41, 5.74) is 2.48. The number of fused-ring (bicyclic) bond motifs is 1. The van der Waals surface area contributed by atoms with Crippen LogP contribution in [0.15, 0.2) is 18.2 Å². The molecule has 2 saturated heterocycles. The number of amides is 1. The lowest BCUT2D eigenvalue weighted by molar-refractivity contribution is 0.0650. The second kappa shape index (κ2) is 6.16. The summed E-state index contributed by atoms with van der Waals surface area (Å²) in [5, 5.41) is 8.17. The molecule has 4 rings (SSSR count). The number of carbonyl (C=O) groups is 1. The third-order valence-electron chi connectivity index (χ3n) is 5.68. The summed E-state index contributed by atoms with van der Waals surface area (Å²) < 4.78 is 1.74. The number of hydrogen-bond acceptors (Lipinski definition) is 4. The zero-order valence-corrected chi connectivity index (χ0v) is 14.5. The van der Waals surface area contributed by atoms with Crippen LogP contribution in [0.5, 0.6) is 0 Å². The van der Waals surface area contributed by atoms with Crippen LogP contribution in [0.4, 0.5) is 0 Å². The van der Waals surface area contributed by atoms with E-state index in [0.29, 0.717) is 12.1 Å². The van der Waals surface area contributed by atoms with Crippen molar-refractivity contribution in [3.8, 4) is 0 Å². The Balaban J connectivity index is 1.59. The molecule has 0 radical (unpaired) electrons. The second-order valence-electron chi connectivity index (χ2n) is 6.96. The lowest BCUT2D eigenvalue weighted by Crippen LogP contribution is -2.48. The standard InChI is InChI=1S/C18H25N5O/c1-3-22-10-4-6-16(22)17-7-5-11-23(17)18(24)13-8-9-15-14(12-13)19-20-21(15)2/h8-9,12,16-17H,3-7,10-11H2,1-2H3. The maximum Gasteiger partial charge on any atom is 0.254 e. The van der Waals surface area contributed by atoms with Crippen LogP contribution >= 0.6 is 0 Å². The number of benzene rings is 1. The fourth-order valence-corrected chi connectivity index (χ4v) is 4.46. The van der Waals surface area contributed by atoms with Gasteiger partial charge in [0.1, 0.15) is 5.52 Å². The number of nitrogens with zero attached hydrogens (tertiary/aromatic N) is 5. The number of likely N-dealkylation sites (tertiary alicyclic amines) is 2. The van der Waals surface area contributed by atoms with Crippen molar-refractivity contribution in [3.05, 3.63) is 23.8 Å². The fraction of sp³-hybridized carbons (Fsp3) is 0.611. The summed E-state index contributed by atoms with van der Waals surface area (Å²) in [6.45, 7) is 5.34. The van der Waals surface area contributed by atoms with Crippen LogP contribution in [0.2, 0.25) is 0 Å². The molecule has 2 aliphatic heterocycles. The highest BCUT2D eigenvalue weighted by atomic mass is 16.2.